The summed E-state index contributed by atoms with van der Waals surface area (Å²) in [6.45, 7) is 4.87. The summed E-state index contributed by atoms with van der Waals surface area (Å²) in [6, 6.07) is 9.73. The van der Waals surface area contributed by atoms with E-state index >= 15 is 0 Å². The Morgan fingerprint density at radius 3 is 2.75 bits per heavy atom. The number of amides is 1. The van der Waals surface area contributed by atoms with Crippen molar-refractivity contribution in [3.63, 3.8) is 0 Å². The Morgan fingerprint density at radius 2 is 2.08 bits per heavy atom. The van der Waals surface area contributed by atoms with E-state index in [1.165, 1.54) is 0 Å². The molecule has 24 heavy (non-hydrogen) atoms. The monoisotopic (exact) mass is 323 g/mol. The number of nitrogens with zero attached hydrogens (tertiary/aromatic N) is 3. The van der Waals surface area contributed by atoms with Gasteiger partial charge >= 0.3 is 0 Å². The lowest BCUT2D eigenvalue weighted by Crippen LogP contribution is -2.41. The van der Waals surface area contributed by atoms with E-state index in [0.717, 1.165) is 11.3 Å². The maximum absolute atomic E-state index is 12.7. The maximum Gasteiger partial charge on any atom is 0.255 e. The first-order chi connectivity index (χ1) is 11.6. The predicted octanol–water partition coefficient (Wildman–Crippen LogP) is 2.73. The summed E-state index contributed by atoms with van der Waals surface area (Å²) in [7, 11) is 0. The molecule has 0 fully saturated rings. The van der Waals surface area contributed by atoms with Gasteiger partial charge in [0.15, 0.2) is 0 Å². The van der Waals surface area contributed by atoms with Crippen molar-refractivity contribution in [2.45, 2.75) is 26.4 Å². The predicted molar refractivity (Wildman–Crippen MR) is 92.3 cm³/mol. The van der Waals surface area contributed by atoms with Gasteiger partial charge in [-0.05, 0) is 5.92 Å². The number of H-pyrrole nitrogens is 1. The molecule has 3 rings (SSSR count). The molecule has 0 aliphatic heterocycles. The summed E-state index contributed by atoms with van der Waals surface area (Å²) in [4.78, 5) is 16.8. The number of carbonyl (C=O) groups is 1. The highest BCUT2D eigenvalue weighted by molar-refractivity contribution is 5.99. The average molecular weight is 323 g/mol. The summed E-state index contributed by atoms with van der Waals surface area (Å²) in [5, 5.41) is 10.1. The lowest BCUT2D eigenvalue weighted by molar-refractivity contribution is 0.0921. The van der Waals surface area contributed by atoms with Gasteiger partial charge in [-0.2, -0.15) is 5.10 Å². The van der Waals surface area contributed by atoms with E-state index in [9.17, 15) is 4.79 Å². The van der Waals surface area contributed by atoms with Gasteiger partial charge in [0.2, 0.25) is 0 Å². The van der Waals surface area contributed by atoms with Gasteiger partial charge in [-0.1, -0.05) is 44.2 Å². The van der Waals surface area contributed by atoms with E-state index in [-0.39, 0.29) is 11.9 Å². The van der Waals surface area contributed by atoms with Crippen LogP contribution < -0.4 is 5.32 Å². The minimum atomic E-state index is -0.124. The Kier molecular flexibility index (Phi) is 4.74. The normalized spacial score (nSPS) is 12.3. The number of benzene rings is 1. The van der Waals surface area contributed by atoms with Crippen LogP contribution in [0, 0.1) is 5.92 Å². The molecule has 2 N–H and O–H groups in total. The number of aromatic amines is 1. The summed E-state index contributed by atoms with van der Waals surface area (Å²) < 4.78 is 1.97. The molecule has 2 heterocycles. The van der Waals surface area contributed by atoms with Crippen molar-refractivity contribution >= 4 is 5.91 Å². The van der Waals surface area contributed by atoms with E-state index in [1.54, 1.807) is 18.7 Å². The van der Waals surface area contributed by atoms with Crippen molar-refractivity contribution in [1.29, 1.82) is 0 Å². The molecule has 1 unspecified atom stereocenters. The average Bonchev–Trinajstić information content (AvgIpc) is 3.26. The van der Waals surface area contributed by atoms with Crippen molar-refractivity contribution < 1.29 is 4.79 Å². The van der Waals surface area contributed by atoms with Crippen LogP contribution in [0.1, 0.15) is 24.2 Å². The van der Waals surface area contributed by atoms with Crippen LogP contribution in [-0.2, 0) is 6.54 Å². The van der Waals surface area contributed by atoms with Crippen molar-refractivity contribution in [3.8, 4) is 11.3 Å². The Morgan fingerprint density at radius 1 is 1.29 bits per heavy atom. The summed E-state index contributed by atoms with van der Waals surface area (Å²) in [5.41, 5.74) is 2.23. The zero-order valence-electron chi connectivity index (χ0n) is 13.8. The fourth-order valence-electron chi connectivity index (χ4n) is 2.57. The zero-order valence-corrected chi connectivity index (χ0v) is 13.8. The molecule has 0 bridgehead atoms. The molecule has 124 valence electrons. The van der Waals surface area contributed by atoms with Gasteiger partial charge < -0.3 is 9.88 Å². The van der Waals surface area contributed by atoms with Gasteiger partial charge in [-0.25, -0.2) is 4.98 Å². The van der Waals surface area contributed by atoms with E-state index < -0.39 is 0 Å². The maximum atomic E-state index is 12.7. The van der Waals surface area contributed by atoms with Crippen molar-refractivity contribution in [2.24, 2.45) is 5.92 Å². The summed E-state index contributed by atoms with van der Waals surface area (Å²) in [5.74, 6) is 0.171. The topological polar surface area (TPSA) is 75.6 Å². The third-order valence-electron chi connectivity index (χ3n) is 4.03. The van der Waals surface area contributed by atoms with Crippen LogP contribution in [0.4, 0.5) is 0 Å². The van der Waals surface area contributed by atoms with Gasteiger partial charge in [-0.3, -0.25) is 9.89 Å². The lowest BCUT2D eigenvalue weighted by atomic mass is 10.0. The molecule has 0 saturated heterocycles. The number of aromatic nitrogens is 4. The van der Waals surface area contributed by atoms with Crippen LogP contribution >= 0.6 is 0 Å². The van der Waals surface area contributed by atoms with E-state index in [1.807, 2.05) is 41.1 Å². The number of hydrogen-bond acceptors (Lipinski definition) is 3. The molecule has 1 aromatic carbocycles. The summed E-state index contributed by atoms with van der Waals surface area (Å²) in [6.07, 6.45) is 6.97. The zero-order chi connectivity index (χ0) is 16.9. The third kappa shape index (κ3) is 3.53. The fraction of sp³-hybridized carbons (Fsp3) is 0.278. The second-order valence-corrected chi connectivity index (χ2v) is 6.11. The van der Waals surface area contributed by atoms with E-state index in [0.29, 0.717) is 18.0 Å². The van der Waals surface area contributed by atoms with Crippen LogP contribution in [0.3, 0.4) is 0 Å². The highest BCUT2D eigenvalue weighted by Gasteiger charge is 2.21. The molecule has 6 heteroatoms. The van der Waals surface area contributed by atoms with Gasteiger partial charge in [0.25, 0.3) is 5.91 Å². The largest absolute Gasteiger partial charge is 0.347 e. The Labute approximate surface area is 140 Å². The minimum absolute atomic E-state index is 0.00484. The number of carbonyl (C=O) groups excluding carboxylic acids is 1. The van der Waals surface area contributed by atoms with Gasteiger partial charge in [0.1, 0.15) is 0 Å². The number of hydrogen-bond donors (Lipinski definition) is 2. The molecule has 2 aromatic heterocycles. The smallest absolute Gasteiger partial charge is 0.255 e. The number of rotatable bonds is 6. The van der Waals surface area contributed by atoms with Crippen molar-refractivity contribution in [1.82, 2.24) is 25.1 Å². The summed E-state index contributed by atoms with van der Waals surface area (Å²) >= 11 is 0. The first-order valence-corrected chi connectivity index (χ1v) is 8.00. The van der Waals surface area contributed by atoms with Gasteiger partial charge in [-0.15, -0.1) is 0 Å². The third-order valence-corrected chi connectivity index (χ3v) is 4.03. The Hall–Kier alpha value is -2.89. The minimum Gasteiger partial charge on any atom is -0.347 e. The standard InChI is InChI=1S/C18H21N5O/c1-13(2)16(11-23-9-8-19-12-23)21-18(24)15-10-20-22-17(15)14-6-4-3-5-7-14/h3-10,12-13,16H,11H2,1-2H3,(H,20,22)(H,21,24). The molecule has 3 aromatic rings. The van der Waals surface area contributed by atoms with Crippen LogP contribution in [0.5, 0.6) is 0 Å². The van der Waals surface area contributed by atoms with Gasteiger partial charge in [0.05, 0.1) is 23.8 Å². The second kappa shape index (κ2) is 7.12. The molecule has 0 aliphatic rings. The molecule has 0 aliphatic carbocycles. The van der Waals surface area contributed by atoms with Gasteiger partial charge in [0, 0.05) is 30.5 Å². The highest BCUT2D eigenvalue weighted by atomic mass is 16.1. The molecule has 1 amide bonds. The van der Waals surface area contributed by atoms with Crippen LogP contribution in [0.15, 0.2) is 55.2 Å². The molecular weight excluding hydrogens is 302 g/mol. The molecular formula is C18H21N5O. The van der Waals surface area contributed by atoms with E-state index in [4.69, 9.17) is 0 Å². The van der Waals surface area contributed by atoms with Crippen LogP contribution in [0.25, 0.3) is 11.3 Å². The Balaban J connectivity index is 1.78. The first kappa shape index (κ1) is 16.0. The van der Waals surface area contributed by atoms with Crippen LogP contribution in [-0.4, -0.2) is 31.7 Å². The first-order valence-electron chi connectivity index (χ1n) is 8.00. The molecule has 6 nitrogen and oxygen atoms in total. The molecule has 0 spiro atoms. The molecule has 1 atom stereocenters. The number of nitrogens with one attached hydrogen (secondary N) is 2. The SMILES string of the molecule is CC(C)C(Cn1ccnc1)NC(=O)c1cn[nH]c1-c1ccccc1. The second-order valence-electron chi connectivity index (χ2n) is 6.11. The Bertz CT molecular complexity index is 777. The number of imidazole rings is 1. The lowest BCUT2D eigenvalue weighted by Gasteiger charge is -2.22. The van der Waals surface area contributed by atoms with Crippen molar-refractivity contribution in [2.75, 3.05) is 0 Å². The highest BCUT2D eigenvalue weighted by Crippen LogP contribution is 2.21. The van der Waals surface area contributed by atoms with Crippen LogP contribution in [0.2, 0.25) is 0 Å². The van der Waals surface area contributed by atoms with Crippen molar-refractivity contribution in [3.05, 3.63) is 60.8 Å². The van der Waals surface area contributed by atoms with E-state index in [2.05, 4.69) is 34.3 Å². The fourth-order valence-corrected chi connectivity index (χ4v) is 2.57. The molecule has 0 saturated carbocycles. The quantitative estimate of drug-likeness (QED) is 0.732. The molecule has 0 radical (unpaired) electrons.